The van der Waals surface area contributed by atoms with E-state index in [4.69, 9.17) is 5.73 Å². The van der Waals surface area contributed by atoms with E-state index < -0.39 is 0 Å². The summed E-state index contributed by atoms with van der Waals surface area (Å²) in [5.41, 5.74) is 6.20. The molecule has 1 saturated carbocycles. The van der Waals surface area contributed by atoms with E-state index in [1.165, 1.54) is 56.7 Å². The maximum Gasteiger partial charge on any atom is 0.188 e. The summed E-state index contributed by atoms with van der Waals surface area (Å²) >= 11 is 2.07. The molecule has 3 N–H and O–H groups in total. The zero-order valence-corrected chi connectivity index (χ0v) is 13.3. The van der Waals surface area contributed by atoms with Gasteiger partial charge in [-0.05, 0) is 12.8 Å². The quantitative estimate of drug-likeness (QED) is 0.462. The second kappa shape index (κ2) is 7.93. The van der Waals surface area contributed by atoms with E-state index >= 15 is 0 Å². The molecule has 1 saturated heterocycles. The summed E-state index contributed by atoms with van der Waals surface area (Å²) in [5, 5.41) is 3.08. The zero-order valence-electron chi connectivity index (χ0n) is 12.4. The van der Waals surface area contributed by atoms with Crippen molar-refractivity contribution in [2.45, 2.75) is 37.6 Å². The van der Waals surface area contributed by atoms with Crippen molar-refractivity contribution in [3.8, 4) is 0 Å². The molecule has 0 aromatic carbocycles. The lowest BCUT2D eigenvalue weighted by Crippen LogP contribution is -2.55. The number of nitrogens with one attached hydrogen (secondary N) is 1. The van der Waals surface area contributed by atoms with Gasteiger partial charge in [-0.3, -0.25) is 9.89 Å². The van der Waals surface area contributed by atoms with Crippen LogP contribution >= 0.6 is 11.8 Å². The second-order valence-electron chi connectivity index (χ2n) is 5.76. The highest BCUT2D eigenvalue weighted by Gasteiger charge is 2.38. The average molecular weight is 296 g/mol. The molecular weight excluding hydrogens is 268 g/mol. The topological polar surface area (TPSA) is 53.6 Å². The summed E-state index contributed by atoms with van der Waals surface area (Å²) in [6.45, 7) is 7.63. The first-order chi connectivity index (χ1) is 9.77. The zero-order chi connectivity index (χ0) is 14.3. The molecule has 0 radical (unpaired) electrons. The van der Waals surface area contributed by atoms with Gasteiger partial charge in [0, 0.05) is 36.7 Å². The van der Waals surface area contributed by atoms with Crippen molar-refractivity contribution in [3.05, 3.63) is 12.7 Å². The van der Waals surface area contributed by atoms with Gasteiger partial charge in [0.15, 0.2) is 5.96 Å². The highest BCUT2D eigenvalue weighted by atomic mass is 32.2. The van der Waals surface area contributed by atoms with Crippen molar-refractivity contribution in [1.29, 1.82) is 0 Å². The molecule has 0 spiro atoms. The van der Waals surface area contributed by atoms with Crippen molar-refractivity contribution in [1.82, 2.24) is 10.2 Å². The van der Waals surface area contributed by atoms with Crippen LogP contribution in [-0.4, -0.2) is 54.1 Å². The van der Waals surface area contributed by atoms with Gasteiger partial charge in [0.1, 0.15) is 0 Å². The van der Waals surface area contributed by atoms with Gasteiger partial charge < -0.3 is 11.1 Å². The van der Waals surface area contributed by atoms with Crippen molar-refractivity contribution >= 4 is 17.7 Å². The molecule has 4 nitrogen and oxygen atoms in total. The summed E-state index contributed by atoms with van der Waals surface area (Å²) in [6, 6.07) is 0. The maximum absolute atomic E-state index is 5.93. The van der Waals surface area contributed by atoms with Crippen LogP contribution in [-0.2, 0) is 0 Å². The smallest absolute Gasteiger partial charge is 0.188 e. The van der Waals surface area contributed by atoms with Crippen molar-refractivity contribution in [3.63, 3.8) is 0 Å². The molecule has 0 atom stereocenters. The third-order valence-corrected chi connectivity index (χ3v) is 5.38. The SMILES string of the molecule is C=CCNC(N)=NCC1(N2CCSCC2)CCCCC1. The minimum Gasteiger partial charge on any atom is -0.370 e. The molecule has 1 heterocycles. The molecule has 0 amide bonds. The molecule has 2 fully saturated rings. The van der Waals surface area contributed by atoms with Crippen molar-refractivity contribution in [2.75, 3.05) is 37.7 Å². The summed E-state index contributed by atoms with van der Waals surface area (Å²) in [7, 11) is 0. The van der Waals surface area contributed by atoms with Gasteiger partial charge >= 0.3 is 0 Å². The lowest BCUT2D eigenvalue weighted by molar-refractivity contribution is 0.0672. The summed E-state index contributed by atoms with van der Waals surface area (Å²) < 4.78 is 0. The Morgan fingerprint density at radius 2 is 2.00 bits per heavy atom. The van der Waals surface area contributed by atoms with Gasteiger partial charge in [-0.1, -0.05) is 25.3 Å². The van der Waals surface area contributed by atoms with Crippen LogP contribution in [0.1, 0.15) is 32.1 Å². The van der Waals surface area contributed by atoms with E-state index in [0.717, 1.165) is 6.54 Å². The summed E-state index contributed by atoms with van der Waals surface area (Å²) in [5.74, 6) is 3.08. The van der Waals surface area contributed by atoms with E-state index in [1.807, 2.05) is 0 Å². The Morgan fingerprint density at radius 3 is 2.65 bits per heavy atom. The van der Waals surface area contributed by atoms with Gasteiger partial charge in [-0.2, -0.15) is 11.8 Å². The van der Waals surface area contributed by atoms with Gasteiger partial charge in [-0.25, -0.2) is 0 Å². The first kappa shape index (κ1) is 15.7. The molecular formula is C15H28N4S. The number of nitrogens with zero attached hydrogens (tertiary/aromatic N) is 2. The first-order valence-corrected chi connectivity index (χ1v) is 8.90. The van der Waals surface area contributed by atoms with Crippen LogP contribution in [0.3, 0.4) is 0 Å². The van der Waals surface area contributed by atoms with Crippen LogP contribution in [0.4, 0.5) is 0 Å². The number of aliphatic imine (C=N–C) groups is 1. The number of guanidine groups is 1. The lowest BCUT2D eigenvalue weighted by Gasteiger charge is -2.47. The fourth-order valence-electron chi connectivity index (χ4n) is 3.29. The molecule has 0 unspecified atom stereocenters. The molecule has 1 aliphatic carbocycles. The lowest BCUT2D eigenvalue weighted by atomic mass is 9.80. The largest absolute Gasteiger partial charge is 0.370 e. The van der Waals surface area contributed by atoms with Crippen LogP contribution in [0.2, 0.25) is 0 Å². The molecule has 114 valence electrons. The highest BCUT2D eigenvalue weighted by Crippen LogP contribution is 2.35. The summed E-state index contributed by atoms with van der Waals surface area (Å²) in [6.07, 6.45) is 8.39. The number of rotatable bonds is 5. The molecule has 2 aliphatic rings. The average Bonchev–Trinajstić information content (AvgIpc) is 2.52. The third kappa shape index (κ3) is 4.16. The Kier molecular flexibility index (Phi) is 6.23. The highest BCUT2D eigenvalue weighted by molar-refractivity contribution is 7.99. The normalized spacial score (nSPS) is 24.3. The van der Waals surface area contributed by atoms with Crippen LogP contribution < -0.4 is 11.1 Å². The van der Waals surface area contributed by atoms with Gasteiger partial charge in [-0.15, -0.1) is 6.58 Å². The Bertz CT molecular complexity index is 331. The van der Waals surface area contributed by atoms with E-state index in [1.54, 1.807) is 6.08 Å². The van der Waals surface area contributed by atoms with E-state index in [9.17, 15) is 0 Å². The van der Waals surface area contributed by atoms with Crippen LogP contribution in [0.25, 0.3) is 0 Å². The second-order valence-corrected chi connectivity index (χ2v) is 6.98. The molecule has 5 heteroatoms. The molecule has 0 aromatic heterocycles. The van der Waals surface area contributed by atoms with E-state index in [-0.39, 0.29) is 5.54 Å². The molecule has 2 rings (SSSR count). The van der Waals surface area contributed by atoms with Crippen molar-refractivity contribution < 1.29 is 0 Å². The number of nitrogens with two attached hydrogens (primary N) is 1. The Balaban J connectivity index is 2.00. The fourth-order valence-corrected chi connectivity index (χ4v) is 4.19. The summed E-state index contributed by atoms with van der Waals surface area (Å²) in [4.78, 5) is 7.31. The predicted molar refractivity (Wildman–Crippen MR) is 89.4 cm³/mol. The van der Waals surface area contributed by atoms with Crippen LogP contribution in [0.5, 0.6) is 0 Å². The van der Waals surface area contributed by atoms with Gasteiger partial charge in [0.25, 0.3) is 0 Å². The molecule has 0 aromatic rings. The Labute approximate surface area is 127 Å². The Morgan fingerprint density at radius 1 is 1.30 bits per heavy atom. The monoisotopic (exact) mass is 296 g/mol. The maximum atomic E-state index is 5.93. The standard InChI is InChI=1S/C15H28N4S/c1-2-8-17-14(16)18-13-15(6-4-3-5-7-15)19-9-11-20-12-10-19/h2H,1,3-13H2,(H3,16,17,18). The van der Waals surface area contributed by atoms with Crippen molar-refractivity contribution in [2.24, 2.45) is 10.7 Å². The van der Waals surface area contributed by atoms with E-state index in [0.29, 0.717) is 12.5 Å². The molecule has 0 bridgehead atoms. The molecule has 1 aliphatic heterocycles. The Hall–Kier alpha value is -0.680. The van der Waals surface area contributed by atoms with Crippen LogP contribution in [0.15, 0.2) is 17.6 Å². The number of hydrogen-bond acceptors (Lipinski definition) is 3. The molecule has 20 heavy (non-hydrogen) atoms. The van der Waals surface area contributed by atoms with Crippen LogP contribution in [0, 0.1) is 0 Å². The number of hydrogen-bond donors (Lipinski definition) is 2. The van der Waals surface area contributed by atoms with Gasteiger partial charge in [0.2, 0.25) is 0 Å². The first-order valence-electron chi connectivity index (χ1n) is 7.74. The minimum atomic E-state index is 0.264. The fraction of sp³-hybridized carbons (Fsp3) is 0.800. The number of thioether (sulfide) groups is 1. The van der Waals surface area contributed by atoms with E-state index in [2.05, 4.69) is 33.5 Å². The minimum absolute atomic E-state index is 0.264. The predicted octanol–water partition coefficient (Wildman–Crippen LogP) is 1.83. The van der Waals surface area contributed by atoms with Gasteiger partial charge in [0.05, 0.1) is 6.54 Å². The third-order valence-electron chi connectivity index (χ3n) is 4.44.